The highest BCUT2D eigenvalue weighted by Crippen LogP contribution is 2.48. The monoisotopic (exact) mass is 624 g/mol. The van der Waals surface area contributed by atoms with Crippen LogP contribution >= 0.6 is 0 Å². The molecule has 2 fully saturated rings. The summed E-state index contributed by atoms with van der Waals surface area (Å²) in [6.45, 7) is 8.87. The Balaban J connectivity index is 1.52. The van der Waals surface area contributed by atoms with Crippen molar-refractivity contribution in [1.29, 1.82) is 0 Å². The van der Waals surface area contributed by atoms with Gasteiger partial charge in [0.15, 0.2) is 0 Å². The summed E-state index contributed by atoms with van der Waals surface area (Å²) in [4.78, 5) is 63.2. The molecular weight excluding hydrogens is 580 g/mol. The van der Waals surface area contributed by atoms with Crippen molar-refractivity contribution in [3.8, 4) is 11.3 Å². The second kappa shape index (κ2) is 15.3. The Morgan fingerprint density at radius 3 is 2.40 bits per heavy atom. The number of benzene rings is 1. The number of piperazine rings is 1. The van der Waals surface area contributed by atoms with Crippen molar-refractivity contribution in [2.75, 3.05) is 46.5 Å². The smallest absolute Gasteiger partial charge is 0.460 e. The fraction of sp³-hybridized carbons (Fsp3) is 0.545. The summed E-state index contributed by atoms with van der Waals surface area (Å²) in [6.07, 6.45) is 0.131. The Hall–Kier alpha value is -4.03. The van der Waals surface area contributed by atoms with Crippen LogP contribution < -0.4 is 5.32 Å². The van der Waals surface area contributed by atoms with Crippen LogP contribution in [-0.2, 0) is 28.6 Å². The van der Waals surface area contributed by atoms with Crippen LogP contribution in [0.3, 0.4) is 0 Å². The van der Waals surface area contributed by atoms with Gasteiger partial charge in [-0.2, -0.15) is 0 Å². The molecule has 45 heavy (non-hydrogen) atoms. The second-order valence-electron chi connectivity index (χ2n) is 12.3. The quantitative estimate of drug-likeness (QED) is 0.346. The molecule has 2 aliphatic rings. The third-order valence-electron chi connectivity index (χ3n) is 7.56. The first-order chi connectivity index (χ1) is 21.5. The molecule has 12 nitrogen and oxygen atoms in total. The Labute approximate surface area is 264 Å². The highest BCUT2D eigenvalue weighted by molar-refractivity contribution is 5.97. The average molecular weight is 625 g/mol. The molecule has 1 aliphatic heterocycles. The van der Waals surface area contributed by atoms with E-state index in [1.807, 2.05) is 36.4 Å². The Morgan fingerprint density at radius 2 is 1.76 bits per heavy atom. The van der Waals surface area contributed by atoms with Crippen LogP contribution in [0.15, 0.2) is 42.5 Å². The molecule has 4 rings (SSSR count). The van der Waals surface area contributed by atoms with Gasteiger partial charge in [0, 0.05) is 38.8 Å². The van der Waals surface area contributed by atoms with Gasteiger partial charge >= 0.3 is 12.1 Å². The normalized spacial score (nSPS) is 18.9. The first-order valence-electron chi connectivity index (χ1n) is 15.4. The number of carbonyl (C=O) groups is 4. The fourth-order valence-electron chi connectivity index (χ4n) is 5.31. The van der Waals surface area contributed by atoms with Gasteiger partial charge in [-0.25, -0.2) is 9.78 Å². The molecule has 1 aromatic heterocycles. The molecule has 244 valence electrons. The zero-order chi connectivity index (χ0) is 32.6. The lowest BCUT2D eigenvalue weighted by Crippen LogP contribution is -2.55. The number of methoxy groups -OCH3 is 1. The molecule has 2 heterocycles. The van der Waals surface area contributed by atoms with E-state index in [4.69, 9.17) is 19.0 Å². The van der Waals surface area contributed by atoms with Gasteiger partial charge in [-0.3, -0.25) is 14.4 Å². The molecule has 1 aromatic carbocycles. The summed E-state index contributed by atoms with van der Waals surface area (Å²) in [5.41, 5.74) is 2.03. The summed E-state index contributed by atoms with van der Waals surface area (Å²) in [5.74, 6) is -0.702. The second-order valence-corrected chi connectivity index (χ2v) is 12.3. The third kappa shape index (κ3) is 9.98. The SMILES string of the molecule is CCOC(=O)ON1CCN(C(=O)[C@H](CCC(=O)OC(C)(C)C)NC(=O)c2cc(C3CC3COC)cc(-c3ccccc3)n2)CC1. The molecular formula is C33H44N4O8. The summed E-state index contributed by atoms with van der Waals surface area (Å²) in [6, 6.07) is 12.4. The zero-order valence-corrected chi connectivity index (χ0v) is 26.7. The molecule has 1 aliphatic carbocycles. The highest BCUT2D eigenvalue weighted by atomic mass is 16.8. The van der Waals surface area contributed by atoms with E-state index in [-0.39, 0.29) is 63.1 Å². The van der Waals surface area contributed by atoms with E-state index in [0.29, 0.717) is 18.2 Å². The first-order valence-corrected chi connectivity index (χ1v) is 15.4. The van der Waals surface area contributed by atoms with Crippen LogP contribution in [0.5, 0.6) is 0 Å². The predicted molar refractivity (Wildman–Crippen MR) is 165 cm³/mol. The zero-order valence-electron chi connectivity index (χ0n) is 26.7. The Kier molecular flexibility index (Phi) is 11.5. The van der Waals surface area contributed by atoms with Crippen molar-refractivity contribution in [3.05, 3.63) is 53.7 Å². The number of nitrogens with zero attached hydrogens (tertiary/aromatic N) is 3. The van der Waals surface area contributed by atoms with E-state index in [1.165, 1.54) is 5.06 Å². The largest absolute Gasteiger partial charge is 0.527 e. The Bertz CT molecular complexity index is 1340. The molecule has 2 aromatic rings. The molecule has 2 unspecified atom stereocenters. The topological polar surface area (TPSA) is 137 Å². The van der Waals surface area contributed by atoms with E-state index in [2.05, 4.69) is 10.3 Å². The van der Waals surface area contributed by atoms with Gasteiger partial charge < -0.3 is 29.3 Å². The Morgan fingerprint density at radius 1 is 1.04 bits per heavy atom. The van der Waals surface area contributed by atoms with Crippen molar-refractivity contribution >= 4 is 23.9 Å². The van der Waals surface area contributed by atoms with Crippen molar-refractivity contribution < 1.29 is 38.2 Å². The molecule has 12 heteroatoms. The van der Waals surface area contributed by atoms with Gasteiger partial charge in [-0.05, 0) is 70.1 Å². The summed E-state index contributed by atoms with van der Waals surface area (Å²) in [7, 11) is 1.68. The van der Waals surface area contributed by atoms with E-state index in [0.717, 1.165) is 17.5 Å². The van der Waals surface area contributed by atoms with Crippen molar-refractivity contribution in [3.63, 3.8) is 0 Å². The van der Waals surface area contributed by atoms with Crippen LogP contribution in [0.1, 0.15) is 68.9 Å². The fourth-order valence-corrected chi connectivity index (χ4v) is 5.31. The van der Waals surface area contributed by atoms with Crippen molar-refractivity contribution in [1.82, 2.24) is 20.3 Å². The van der Waals surface area contributed by atoms with Gasteiger partial charge in [-0.1, -0.05) is 30.3 Å². The standard InChI is InChI=1S/C33H44N4O8/c1-6-43-32(41)45-37-16-14-36(15-17-37)31(40)26(12-13-29(38)44-33(2,3)4)35-30(39)28-20-23(25-18-24(25)21-42-5)19-27(34-28)22-10-8-7-9-11-22/h7-11,19-20,24-26H,6,12-18,21H2,1-5H3,(H,35,39)/t24?,25?,26-/m0/s1. The minimum Gasteiger partial charge on any atom is -0.460 e. The molecule has 1 saturated heterocycles. The maximum Gasteiger partial charge on any atom is 0.527 e. The number of ether oxygens (including phenoxy) is 3. The van der Waals surface area contributed by atoms with Gasteiger partial charge in [0.05, 0.1) is 25.4 Å². The lowest BCUT2D eigenvalue weighted by molar-refractivity contribution is -0.158. The van der Waals surface area contributed by atoms with E-state index in [1.54, 1.807) is 45.8 Å². The molecule has 2 amide bonds. The van der Waals surface area contributed by atoms with E-state index < -0.39 is 29.7 Å². The highest BCUT2D eigenvalue weighted by Gasteiger charge is 2.39. The van der Waals surface area contributed by atoms with Gasteiger partial charge in [0.25, 0.3) is 5.91 Å². The molecule has 0 radical (unpaired) electrons. The lowest BCUT2D eigenvalue weighted by atomic mass is 10.0. The number of pyridine rings is 1. The van der Waals surface area contributed by atoms with Crippen LogP contribution in [0.4, 0.5) is 4.79 Å². The van der Waals surface area contributed by atoms with Crippen LogP contribution in [0, 0.1) is 5.92 Å². The van der Waals surface area contributed by atoms with E-state index in [9.17, 15) is 19.2 Å². The number of nitrogens with one attached hydrogen (secondary N) is 1. The minimum atomic E-state index is -1.00. The molecule has 3 atom stereocenters. The number of carbonyl (C=O) groups excluding carboxylic acids is 4. The van der Waals surface area contributed by atoms with Gasteiger partial charge in [0.2, 0.25) is 5.91 Å². The molecule has 1 N–H and O–H groups in total. The summed E-state index contributed by atoms with van der Waals surface area (Å²) in [5, 5.41) is 4.30. The predicted octanol–water partition coefficient (Wildman–Crippen LogP) is 3.95. The van der Waals surface area contributed by atoms with Gasteiger partial charge in [-0.15, -0.1) is 5.06 Å². The number of amides is 2. The number of hydrogen-bond acceptors (Lipinski definition) is 10. The molecule has 0 bridgehead atoms. The molecule has 0 spiro atoms. The number of hydroxylamine groups is 2. The van der Waals surface area contributed by atoms with Crippen LogP contribution in [-0.4, -0.2) is 97.0 Å². The number of rotatable bonds is 12. The summed E-state index contributed by atoms with van der Waals surface area (Å²) >= 11 is 0. The number of esters is 1. The molecule has 1 saturated carbocycles. The van der Waals surface area contributed by atoms with Gasteiger partial charge in [0.1, 0.15) is 17.3 Å². The first kappa shape index (κ1) is 33.9. The number of aromatic nitrogens is 1. The van der Waals surface area contributed by atoms with E-state index >= 15 is 0 Å². The maximum atomic E-state index is 13.8. The number of hydrogen-bond donors (Lipinski definition) is 1. The van der Waals surface area contributed by atoms with Crippen LogP contribution in [0.2, 0.25) is 0 Å². The third-order valence-corrected chi connectivity index (χ3v) is 7.56. The lowest BCUT2D eigenvalue weighted by Gasteiger charge is -2.35. The minimum absolute atomic E-state index is 0.0444. The van der Waals surface area contributed by atoms with Crippen molar-refractivity contribution in [2.24, 2.45) is 5.92 Å². The van der Waals surface area contributed by atoms with Crippen molar-refractivity contribution in [2.45, 2.75) is 64.5 Å². The van der Waals surface area contributed by atoms with Crippen LogP contribution in [0.25, 0.3) is 11.3 Å². The maximum absolute atomic E-state index is 13.8. The average Bonchev–Trinajstić information content (AvgIpc) is 3.78. The summed E-state index contributed by atoms with van der Waals surface area (Å²) < 4.78 is 15.6.